The fraction of sp³-hybridized carbons (Fsp3) is 0.385. The van der Waals surface area contributed by atoms with Crippen LogP contribution in [0.1, 0.15) is 19.4 Å². The van der Waals surface area contributed by atoms with Gasteiger partial charge in [0.15, 0.2) is 5.82 Å². The highest BCUT2D eigenvalue weighted by Crippen LogP contribution is 2.24. The number of nitrogens with two attached hydrogens (primary N) is 1. The number of benzene rings is 1. The summed E-state index contributed by atoms with van der Waals surface area (Å²) in [5.41, 5.74) is 6.85. The maximum atomic E-state index is 12.5. The Kier molecular flexibility index (Phi) is 3.80. The predicted octanol–water partition coefficient (Wildman–Crippen LogP) is 1.66. The van der Waals surface area contributed by atoms with Crippen molar-refractivity contribution in [2.24, 2.45) is 5.92 Å². The minimum Gasteiger partial charge on any atom is -0.381 e. The molecule has 0 atom stereocenters. The minimum absolute atomic E-state index is 0.0827. The Labute approximate surface area is 118 Å². The second kappa shape index (κ2) is 5.24. The number of rotatable bonds is 4. The van der Waals surface area contributed by atoms with Crippen LogP contribution in [0.25, 0.3) is 0 Å². The Balaban J connectivity index is 2.45. The molecule has 2 rings (SSSR count). The summed E-state index contributed by atoms with van der Waals surface area (Å²) in [6.45, 7) is 6.41. The van der Waals surface area contributed by atoms with Crippen LogP contribution >= 0.6 is 0 Å². The molecule has 0 aliphatic rings. The molecule has 0 unspecified atom stereocenters. The van der Waals surface area contributed by atoms with Gasteiger partial charge in [0.25, 0.3) is 0 Å². The molecule has 0 saturated heterocycles. The van der Waals surface area contributed by atoms with Crippen LogP contribution in [0.5, 0.6) is 0 Å². The van der Waals surface area contributed by atoms with E-state index >= 15 is 0 Å². The van der Waals surface area contributed by atoms with Gasteiger partial charge in [-0.05, 0) is 25.0 Å². The molecule has 0 aliphatic heterocycles. The first-order chi connectivity index (χ1) is 9.32. The quantitative estimate of drug-likeness (QED) is 0.926. The summed E-state index contributed by atoms with van der Waals surface area (Å²) in [5.74, 6) is 0.383. The number of nitrogen functional groups attached to an aromatic ring is 1. The number of aromatic nitrogens is 3. The van der Waals surface area contributed by atoms with Crippen LogP contribution < -0.4 is 5.73 Å². The fourth-order valence-electron chi connectivity index (χ4n) is 1.81. The van der Waals surface area contributed by atoms with Gasteiger partial charge in [-0.1, -0.05) is 36.8 Å². The molecule has 0 fully saturated rings. The number of sulfone groups is 1. The van der Waals surface area contributed by atoms with Crippen molar-refractivity contribution in [1.82, 2.24) is 15.0 Å². The molecule has 7 heteroatoms. The number of hydrogen-bond donors (Lipinski definition) is 1. The summed E-state index contributed by atoms with van der Waals surface area (Å²) in [6.07, 6.45) is 0. The van der Waals surface area contributed by atoms with Crippen LogP contribution in [0, 0.1) is 12.8 Å². The number of aryl methyl sites for hydroxylation is 1. The van der Waals surface area contributed by atoms with E-state index < -0.39 is 9.84 Å². The van der Waals surface area contributed by atoms with Crippen molar-refractivity contribution in [2.75, 3.05) is 5.73 Å². The van der Waals surface area contributed by atoms with Gasteiger partial charge in [0.05, 0.1) is 4.90 Å². The van der Waals surface area contributed by atoms with Crippen LogP contribution in [0.3, 0.4) is 0 Å². The van der Waals surface area contributed by atoms with E-state index in [0.29, 0.717) is 12.5 Å². The van der Waals surface area contributed by atoms with E-state index in [2.05, 4.69) is 10.3 Å². The zero-order chi connectivity index (χ0) is 14.9. The summed E-state index contributed by atoms with van der Waals surface area (Å²) in [4.78, 5) is 0.173. The van der Waals surface area contributed by atoms with Gasteiger partial charge in [0.2, 0.25) is 14.9 Å². The normalized spacial score (nSPS) is 12.0. The van der Waals surface area contributed by atoms with E-state index in [9.17, 15) is 8.42 Å². The summed E-state index contributed by atoms with van der Waals surface area (Å²) < 4.78 is 26.4. The van der Waals surface area contributed by atoms with Crippen LogP contribution in [0.15, 0.2) is 34.2 Å². The monoisotopic (exact) mass is 294 g/mol. The molecule has 2 aromatic rings. The Morgan fingerprint density at radius 3 is 2.40 bits per heavy atom. The highest BCUT2D eigenvalue weighted by molar-refractivity contribution is 7.91. The molecule has 108 valence electrons. The molecule has 0 saturated carbocycles. The first kappa shape index (κ1) is 14.5. The van der Waals surface area contributed by atoms with Crippen molar-refractivity contribution in [2.45, 2.75) is 37.2 Å². The molecule has 1 aromatic heterocycles. The summed E-state index contributed by atoms with van der Waals surface area (Å²) in [6, 6.07) is 6.57. The molecule has 2 N–H and O–H groups in total. The first-order valence-electron chi connectivity index (χ1n) is 6.33. The molecule has 6 nitrogen and oxygen atoms in total. The molecule has 0 aliphatic carbocycles. The van der Waals surface area contributed by atoms with Crippen LogP contribution in [-0.4, -0.2) is 23.4 Å². The maximum Gasteiger partial charge on any atom is 0.229 e. The van der Waals surface area contributed by atoms with Crippen molar-refractivity contribution in [3.8, 4) is 0 Å². The summed E-state index contributed by atoms with van der Waals surface area (Å²) in [5, 5.41) is 7.39. The Hall–Kier alpha value is -1.89. The molecule has 0 amide bonds. The SMILES string of the molecule is Cc1ccc(S(=O)(=O)c2nnn(CC(C)C)c2N)cc1. The van der Waals surface area contributed by atoms with Gasteiger partial charge in [0.1, 0.15) is 0 Å². The molecule has 0 radical (unpaired) electrons. The molecular formula is C13H18N4O2S. The molecule has 0 bridgehead atoms. The summed E-state index contributed by atoms with van der Waals surface area (Å²) in [7, 11) is -3.72. The lowest BCUT2D eigenvalue weighted by molar-refractivity contribution is 0.477. The van der Waals surface area contributed by atoms with Gasteiger partial charge in [-0.25, -0.2) is 13.1 Å². The topological polar surface area (TPSA) is 90.9 Å². The van der Waals surface area contributed by atoms with Crippen molar-refractivity contribution in [1.29, 1.82) is 0 Å². The van der Waals surface area contributed by atoms with Gasteiger partial charge in [0, 0.05) is 6.54 Å². The third-order valence-electron chi connectivity index (χ3n) is 2.86. The molecule has 0 spiro atoms. The third-order valence-corrected chi connectivity index (χ3v) is 4.56. The van der Waals surface area contributed by atoms with E-state index in [1.165, 1.54) is 4.68 Å². The summed E-state index contributed by atoms with van der Waals surface area (Å²) >= 11 is 0. The fourth-order valence-corrected chi connectivity index (χ4v) is 3.05. The van der Waals surface area contributed by atoms with E-state index in [1.54, 1.807) is 24.3 Å². The van der Waals surface area contributed by atoms with Gasteiger partial charge >= 0.3 is 0 Å². The van der Waals surface area contributed by atoms with Crippen LogP contribution in [0.4, 0.5) is 5.82 Å². The predicted molar refractivity (Wildman–Crippen MR) is 75.9 cm³/mol. The van der Waals surface area contributed by atoms with Crippen LogP contribution in [-0.2, 0) is 16.4 Å². The van der Waals surface area contributed by atoms with Crippen molar-refractivity contribution >= 4 is 15.7 Å². The Morgan fingerprint density at radius 1 is 1.25 bits per heavy atom. The zero-order valence-corrected chi connectivity index (χ0v) is 12.6. The second-order valence-corrected chi connectivity index (χ2v) is 7.04. The first-order valence-corrected chi connectivity index (χ1v) is 7.81. The molecular weight excluding hydrogens is 276 g/mol. The number of hydrogen-bond acceptors (Lipinski definition) is 5. The van der Waals surface area contributed by atoms with Crippen molar-refractivity contribution < 1.29 is 8.42 Å². The van der Waals surface area contributed by atoms with Crippen molar-refractivity contribution in [3.05, 3.63) is 29.8 Å². The van der Waals surface area contributed by atoms with E-state index in [-0.39, 0.29) is 15.7 Å². The van der Waals surface area contributed by atoms with Gasteiger partial charge < -0.3 is 5.73 Å². The number of anilines is 1. The van der Waals surface area contributed by atoms with E-state index in [0.717, 1.165) is 5.56 Å². The molecule has 20 heavy (non-hydrogen) atoms. The molecule has 1 aromatic carbocycles. The minimum atomic E-state index is -3.72. The van der Waals surface area contributed by atoms with Gasteiger partial charge in [-0.15, -0.1) is 5.10 Å². The third kappa shape index (κ3) is 2.67. The second-order valence-electron chi connectivity index (χ2n) is 5.17. The maximum absolute atomic E-state index is 12.5. The lowest BCUT2D eigenvalue weighted by Crippen LogP contribution is -2.11. The van der Waals surface area contributed by atoms with E-state index in [4.69, 9.17) is 5.73 Å². The van der Waals surface area contributed by atoms with Crippen molar-refractivity contribution in [3.63, 3.8) is 0 Å². The Morgan fingerprint density at radius 2 is 1.85 bits per heavy atom. The zero-order valence-electron chi connectivity index (χ0n) is 11.7. The van der Waals surface area contributed by atoms with Crippen LogP contribution in [0.2, 0.25) is 0 Å². The largest absolute Gasteiger partial charge is 0.381 e. The highest BCUT2D eigenvalue weighted by Gasteiger charge is 2.26. The van der Waals surface area contributed by atoms with Gasteiger partial charge in [-0.3, -0.25) is 0 Å². The molecule has 1 heterocycles. The van der Waals surface area contributed by atoms with E-state index in [1.807, 2.05) is 20.8 Å². The van der Waals surface area contributed by atoms with Gasteiger partial charge in [-0.2, -0.15) is 0 Å². The number of nitrogens with zero attached hydrogens (tertiary/aromatic N) is 3. The Bertz CT molecular complexity index is 702. The smallest absolute Gasteiger partial charge is 0.229 e. The lowest BCUT2D eigenvalue weighted by atomic mass is 10.2. The highest BCUT2D eigenvalue weighted by atomic mass is 32.2. The standard InChI is InChI=1S/C13H18N4O2S/c1-9(2)8-17-12(14)13(15-16-17)20(18,19)11-6-4-10(3)5-7-11/h4-7,9H,8,14H2,1-3H3. The lowest BCUT2D eigenvalue weighted by Gasteiger charge is -2.06. The average molecular weight is 294 g/mol. The average Bonchev–Trinajstić information content (AvgIpc) is 2.71.